The van der Waals surface area contributed by atoms with Crippen LogP contribution in [0.5, 0.6) is 5.88 Å². The smallest absolute Gasteiger partial charge is 0.213 e. The molecule has 0 aliphatic heterocycles. The summed E-state index contributed by atoms with van der Waals surface area (Å²) >= 11 is 0. The first kappa shape index (κ1) is 6.81. The van der Waals surface area contributed by atoms with Crippen molar-refractivity contribution in [3.63, 3.8) is 0 Å². The van der Waals surface area contributed by atoms with E-state index < -0.39 is 0 Å². The lowest BCUT2D eigenvalue weighted by Gasteiger charge is -1.97. The van der Waals surface area contributed by atoms with Crippen molar-refractivity contribution < 1.29 is 4.74 Å². The van der Waals surface area contributed by atoms with Crippen molar-refractivity contribution in [1.82, 2.24) is 4.98 Å². The van der Waals surface area contributed by atoms with Gasteiger partial charge in [-0.15, -0.1) is 0 Å². The Morgan fingerprint density at radius 3 is 3.00 bits per heavy atom. The minimum atomic E-state index is 0.586. The lowest BCUT2D eigenvalue weighted by Crippen LogP contribution is -1.87. The lowest BCUT2D eigenvalue weighted by atomic mass is 10.5. The molecule has 0 aromatic carbocycles. The molecular formula is C8H8NO. The van der Waals surface area contributed by atoms with Crippen LogP contribution < -0.4 is 4.74 Å². The fourth-order valence-corrected chi connectivity index (χ4v) is 0.535. The maximum atomic E-state index is 5.00. The van der Waals surface area contributed by atoms with Crippen molar-refractivity contribution in [3.8, 4) is 5.88 Å². The quantitative estimate of drug-likeness (QED) is 0.629. The number of hydrogen-bond donors (Lipinski definition) is 0. The molecule has 0 saturated heterocycles. The van der Waals surface area contributed by atoms with Crippen LogP contribution in [-0.4, -0.2) is 4.98 Å². The Morgan fingerprint density at radius 2 is 2.40 bits per heavy atom. The van der Waals surface area contributed by atoms with E-state index in [1.54, 1.807) is 18.3 Å². The zero-order valence-electron chi connectivity index (χ0n) is 5.53. The third-order valence-electron chi connectivity index (χ3n) is 0.923. The molecule has 10 heavy (non-hydrogen) atoms. The van der Waals surface area contributed by atoms with Crippen LogP contribution in [0.25, 0.3) is 0 Å². The molecule has 51 valence electrons. The zero-order valence-corrected chi connectivity index (χ0v) is 5.53. The average molecular weight is 134 g/mol. The highest BCUT2D eigenvalue weighted by molar-refractivity contribution is 5.10. The predicted octanol–water partition coefficient (Wildman–Crippen LogP) is 1.81. The second-order valence-electron chi connectivity index (χ2n) is 1.66. The van der Waals surface area contributed by atoms with E-state index in [-0.39, 0.29) is 0 Å². The molecule has 2 nitrogen and oxygen atoms in total. The maximum absolute atomic E-state index is 5.00. The fourth-order valence-electron chi connectivity index (χ4n) is 0.535. The van der Waals surface area contributed by atoms with Gasteiger partial charge in [0.1, 0.15) is 0 Å². The predicted molar refractivity (Wildman–Crippen MR) is 39.4 cm³/mol. The Bertz CT molecular complexity index is 196. The number of pyridine rings is 1. The first-order chi connectivity index (χ1) is 4.93. The second kappa shape index (κ2) is 3.67. The summed E-state index contributed by atoms with van der Waals surface area (Å²) in [5, 5.41) is 0. The SMILES string of the molecule is C=C[CH]Oc1ccccn1. The van der Waals surface area contributed by atoms with E-state index in [0.717, 1.165) is 0 Å². The van der Waals surface area contributed by atoms with E-state index >= 15 is 0 Å². The van der Waals surface area contributed by atoms with Gasteiger partial charge >= 0.3 is 0 Å². The highest BCUT2D eigenvalue weighted by atomic mass is 16.5. The van der Waals surface area contributed by atoms with E-state index in [2.05, 4.69) is 11.6 Å². The first-order valence-corrected chi connectivity index (χ1v) is 2.95. The van der Waals surface area contributed by atoms with Gasteiger partial charge in [0, 0.05) is 12.3 Å². The molecule has 0 atom stereocenters. The Hall–Kier alpha value is -1.31. The van der Waals surface area contributed by atoms with Crippen molar-refractivity contribution in [2.24, 2.45) is 0 Å². The Balaban J connectivity index is 2.50. The van der Waals surface area contributed by atoms with Crippen LogP contribution in [-0.2, 0) is 0 Å². The molecule has 1 rings (SSSR count). The maximum Gasteiger partial charge on any atom is 0.213 e. The van der Waals surface area contributed by atoms with E-state index in [1.807, 2.05) is 12.1 Å². The molecule has 0 fully saturated rings. The van der Waals surface area contributed by atoms with Gasteiger partial charge in [0.25, 0.3) is 0 Å². The van der Waals surface area contributed by atoms with Crippen molar-refractivity contribution in [2.45, 2.75) is 0 Å². The number of rotatable bonds is 3. The van der Waals surface area contributed by atoms with Crippen molar-refractivity contribution in [2.75, 3.05) is 0 Å². The Morgan fingerprint density at radius 1 is 1.50 bits per heavy atom. The average Bonchev–Trinajstić information content (AvgIpc) is 2.03. The van der Waals surface area contributed by atoms with Crippen LogP contribution >= 0.6 is 0 Å². The zero-order chi connectivity index (χ0) is 7.23. The molecule has 1 aromatic rings. The number of ether oxygens (including phenoxy) is 1. The van der Waals surface area contributed by atoms with Crippen molar-refractivity contribution in [3.05, 3.63) is 43.7 Å². The molecule has 1 heterocycles. The third-order valence-corrected chi connectivity index (χ3v) is 0.923. The molecular weight excluding hydrogens is 126 g/mol. The topological polar surface area (TPSA) is 22.1 Å². The summed E-state index contributed by atoms with van der Waals surface area (Å²) in [5.41, 5.74) is 0. The van der Waals surface area contributed by atoms with Crippen LogP contribution in [0.15, 0.2) is 37.1 Å². The standard InChI is InChI=1S/C8H8NO/c1-2-7-10-8-5-3-4-6-9-8/h2-7H,1H2. The molecule has 0 N–H and O–H groups in total. The first-order valence-electron chi connectivity index (χ1n) is 2.95. The van der Waals surface area contributed by atoms with Gasteiger partial charge in [0.05, 0.1) is 0 Å². The third kappa shape index (κ3) is 1.90. The monoisotopic (exact) mass is 134 g/mol. The molecule has 0 unspecified atom stereocenters. The van der Waals surface area contributed by atoms with Crippen LogP contribution in [0, 0.1) is 6.61 Å². The van der Waals surface area contributed by atoms with E-state index in [1.165, 1.54) is 6.61 Å². The van der Waals surface area contributed by atoms with Gasteiger partial charge < -0.3 is 4.74 Å². The number of hydrogen-bond acceptors (Lipinski definition) is 2. The van der Waals surface area contributed by atoms with Crippen LogP contribution in [0.2, 0.25) is 0 Å². The summed E-state index contributed by atoms with van der Waals surface area (Å²) in [4.78, 5) is 3.92. The molecule has 0 aliphatic carbocycles. The van der Waals surface area contributed by atoms with Crippen molar-refractivity contribution in [1.29, 1.82) is 0 Å². The highest BCUT2D eigenvalue weighted by Crippen LogP contribution is 2.03. The molecule has 1 radical (unpaired) electrons. The van der Waals surface area contributed by atoms with Crippen LogP contribution in [0.4, 0.5) is 0 Å². The molecule has 0 aliphatic rings. The van der Waals surface area contributed by atoms with Gasteiger partial charge in [0.15, 0.2) is 6.61 Å². The summed E-state index contributed by atoms with van der Waals surface area (Å²) in [5.74, 6) is 0.586. The minimum absolute atomic E-state index is 0.586. The number of nitrogens with zero attached hydrogens (tertiary/aromatic N) is 1. The summed E-state index contributed by atoms with van der Waals surface area (Å²) < 4.78 is 5.00. The summed E-state index contributed by atoms with van der Waals surface area (Å²) in [6.07, 6.45) is 3.24. The highest BCUT2D eigenvalue weighted by Gasteiger charge is 1.87. The molecule has 0 spiro atoms. The Kier molecular flexibility index (Phi) is 2.49. The van der Waals surface area contributed by atoms with E-state index in [4.69, 9.17) is 4.74 Å². The molecule has 0 saturated carbocycles. The van der Waals surface area contributed by atoms with Gasteiger partial charge in [-0.3, -0.25) is 0 Å². The van der Waals surface area contributed by atoms with Gasteiger partial charge in [0.2, 0.25) is 5.88 Å². The van der Waals surface area contributed by atoms with Gasteiger partial charge in [-0.1, -0.05) is 12.6 Å². The van der Waals surface area contributed by atoms with Gasteiger partial charge in [-0.25, -0.2) is 4.98 Å². The number of aromatic nitrogens is 1. The minimum Gasteiger partial charge on any atom is -0.466 e. The van der Waals surface area contributed by atoms with Crippen LogP contribution in [0.1, 0.15) is 0 Å². The molecule has 0 amide bonds. The normalized spacial score (nSPS) is 8.80. The van der Waals surface area contributed by atoms with E-state index in [0.29, 0.717) is 5.88 Å². The van der Waals surface area contributed by atoms with Crippen molar-refractivity contribution >= 4 is 0 Å². The molecule has 0 bridgehead atoms. The summed E-state index contributed by atoms with van der Waals surface area (Å²) in [6.45, 7) is 4.96. The fraction of sp³-hybridized carbons (Fsp3) is 0. The van der Waals surface area contributed by atoms with E-state index in [9.17, 15) is 0 Å². The lowest BCUT2D eigenvalue weighted by molar-refractivity contribution is 0.417. The van der Waals surface area contributed by atoms with Crippen LogP contribution in [0.3, 0.4) is 0 Å². The molecule has 2 heteroatoms. The Labute approximate surface area is 60.2 Å². The molecule has 1 aromatic heterocycles. The largest absolute Gasteiger partial charge is 0.466 e. The summed E-state index contributed by atoms with van der Waals surface area (Å²) in [7, 11) is 0. The second-order valence-corrected chi connectivity index (χ2v) is 1.66. The van der Waals surface area contributed by atoms with Gasteiger partial charge in [-0.2, -0.15) is 0 Å². The summed E-state index contributed by atoms with van der Waals surface area (Å²) in [6, 6.07) is 5.47. The van der Waals surface area contributed by atoms with Gasteiger partial charge in [-0.05, 0) is 12.1 Å².